The molecule has 0 aliphatic heterocycles. The molecular weight excluding hydrogens is 347 g/mol. The number of halogens is 2. The van der Waals surface area contributed by atoms with Crippen LogP contribution in [0.4, 0.5) is 5.13 Å². The van der Waals surface area contributed by atoms with Crippen molar-refractivity contribution in [3.63, 3.8) is 0 Å². The van der Waals surface area contributed by atoms with Gasteiger partial charge in [0.15, 0.2) is 5.13 Å². The molecule has 0 atom stereocenters. The molecule has 21 heavy (non-hydrogen) atoms. The summed E-state index contributed by atoms with van der Waals surface area (Å²) in [6.07, 6.45) is 0. The molecule has 0 unspecified atom stereocenters. The topological polar surface area (TPSA) is 42.0 Å². The molecule has 0 aliphatic carbocycles. The number of benzene rings is 1. The Morgan fingerprint density at radius 1 is 1.14 bits per heavy atom. The number of rotatable bonds is 3. The molecule has 3 nitrogen and oxygen atoms in total. The molecule has 0 fully saturated rings. The van der Waals surface area contributed by atoms with Gasteiger partial charge in [-0.1, -0.05) is 29.3 Å². The molecule has 2 aromatic heterocycles. The van der Waals surface area contributed by atoms with Gasteiger partial charge in [0.25, 0.3) is 5.91 Å². The van der Waals surface area contributed by atoms with Gasteiger partial charge in [-0.25, -0.2) is 4.98 Å². The maximum absolute atomic E-state index is 12.1. The van der Waals surface area contributed by atoms with Crippen LogP contribution in [0, 0.1) is 0 Å². The van der Waals surface area contributed by atoms with Crippen LogP contribution in [0.2, 0.25) is 10.0 Å². The predicted molar refractivity (Wildman–Crippen MR) is 89.8 cm³/mol. The zero-order valence-electron chi connectivity index (χ0n) is 10.5. The van der Waals surface area contributed by atoms with Crippen LogP contribution in [-0.4, -0.2) is 10.9 Å². The molecule has 1 N–H and O–H groups in total. The summed E-state index contributed by atoms with van der Waals surface area (Å²) in [6.45, 7) is 0. The first kappa shape index (κ1) is 14.5. The molecule has 2 heterocycles. The predicted octanol–water partition coefficient (Wildman–Crippen LogP) is 5.43. The van der Waals surface area contributed by atoms with E-state index < -0.39 is 0 Å². The highest BCUT2D eigenvalue weighted by Gasteiger charge is 2.11. The number of nitrogens with one attached hydrogen (secondary N) is 1. The molecule has 0 saturated carbocycles. The Labute approximate surface area is 139 Å². The fourth-order valence-corrected chi connectivity index (χ4v) is 3.44. The lowest BCUT2D eigenvalue weighted by Gasteiger charge is -2.03. The van der Waals surface area contributed by atoms with Gasteiger partial charge in [-0.2, -0.15) is 0 Å². The molecule has 1 amide bonds. The molecule has 106 valence electrons. The summed E-state index contributed by atoms with van der Waals surface area (Å²) in [4.78, 5) is 17.6. The number of aromatic nitrogens is 1. The molecule has 0 spiro atoms. The maximum Gasteiger partial charge on any atom is 0.257 e. The lowest BCUT2D eigenvalue weighted by molar-refractivity contribution is 0.102. The van der Waals surface area contributed by atoms with Gasteiger partial charge in [0.1, 0.15) is 0 Å². The number of thiophene rings is 1. The number of anilines is 1. The third-order valence-electron chi connectivity index (χ3n) is 2.68. The van der Waals surface area contributed by atoms with E-state index >= 15 is 0 Å². The summed E-state index contributed by atoms with van der Waals surface area (Å²) in [5.74, 6) is -0.263. The van der Waals surface area contributed by atoms with Crippen LogP contribution < -0.4 is 5.32 Å². The van der Waals surface area contributed by atoms with Crippen molar-refractivity contribution >= 4 is 56.9 Å². The fourth-order valence-electron chi connectivity index (χ4n) is 1.68. The van der Waals surface area contributed by atoms with E-state index in [9.17, 15) is 4.79 Å². The summed E-state index contributed by atoms with van der Waals surface area (Å²) in [5.41, 5.74) is 1.30. The molecule has 0 radical (unpaired) electrons. The van der Waals surface area contributed by atoms with Crippen molar-refractivity contribution < 1.29 is 4.79 Å². The van der Waals surface area contributed by atoms with Gasteiger partial charge < -0.3 is 0 Å². The fraction of sp³-hybridized carbons (Fsp3) is 0. The average molecular weight is 355 g/mol. The van der Waals surface area contributed by atoms with Gasteiger partial charge in [0, 0.05) is 10.9 Å². The van der Waals surface area contributed by atoms with Crippen LogP contribution in [0.3, 0.4) is 0 Å². The average Bonchev–Trinajstić information content (AvgIpc) is 3.12. The number of thiazole rings is 1. The largest absolute Gasteiger partial charge is 0.298 e. The molecular formula is C14H8Cl2N2OS2. The minimum atomic E-state index is -0.263. The molecule has 3 aromatic rings. The maximum atomic E-state index is 12.1. The van der Waals surface area contributed by atoms with Crippen molar-refractivity contribution in [3.05, 3.63) is 56.7 Å². The number of carbonyl (C=O) groups is 1. The minimum absolute atomic E-state index is 0.263. The Bertz CT molecular complexity index is 784. The van der Waals surface area contributed by atoms with Crippen LogP contribution in [0.1, 0.15) is 10.4 Å². The summed E-state index contributed by atoms with van der Waals surface area (Å²) >= 11 is 14.7. The Balaban J connectivity index is 1.77. The summed E-state index contributed by atoms with van der Waals surface area (Å²) in [6, 6.07) is 8.71. The lowest BCUT2D eigenvalue weighted by atomic mass is 10.2. The van der Waals surface area contributed by atoms with Crippen molar-refractivity contribution in [3.8, 4) is 10.6 Å². The first-order valence-electron chi connectivity index (χ1n) is 5.89. The number of hydrogen-bond acceptors (Lipinski definition) is 4. The number of nitrogens with zero attached hydrogens (tertiary/aromatic N) is 1. The Hall–Kier alpha value is -1.40. The summed E-state index contributed by atoms with van der Waals surface area (Å²) in [7, 11) is 0. The molecule has 1 aromatic carbocycles. The normalized spacial score (nSPS) is 10.6. The Morgan fingerprint density at radius 3 is 2.71 bits per heavy atom. The first-order valence-corrected chi connectivity index (χ1v) is 8.41. The highest BCUT2D eigenvalue weighted by molar-refractivity contribution is 7.16. The second-order valence-corrected chi connectivity index (χ2v) is 6.72. The van der Waals surface area contributed by atoms with Gasteiger partial charge in [-0.05, 0) is 29.6 Å². The third kappa shape index (κ3) is 3.27. The zero-order chi connectivity index (χ0) is 14.8. The van der Waals surface area contributed by atoms with E-state index in [1.165, 1.54) is 17.4 Å². The van der Waals surface area contributed by atoms with E-state index in [4.69, 9.17) is 23.2 Å². The van der Waals surface area contributed by atoms with Crippen molar-refractivity contribution in [2.24, 2.45) is 0 Å². The van der Waals surface area contributed by atoms with Gasteiger partial charge in [-0.3, -0.25) is 10.1 Å². The second-order valence-electron chi connectivity index (χ2n) is 4.10. The zero-order valence-corrected chi connectivity index (χ0v) is 13.6. The van der Waals surface area contributed by atoms with Crippen LogP contribution in [0.25, 0.3) is 10.6 Å². The summed E-state index contributed by atoms with van der Waals surface area (Å²) in [5, 5.41) is 7.98. The van der Waals surface area contributed by atoms with Gasteiger partial charge in [0.2, 0.25) is 0 Å². The molecule has 0 bridgehead atoms. The van der Waals surface area contributed by atoms with E-state index in [0.29, 0.717) is 20.7 Å². The van der Waals surface area contributed by atoms with Crippen molar-refractivity contribution in [1.82, 2.24) is 4.98 Å². The number of amides is 1. The summed E-state index contributed by atoms with van der Waals surface area (Å²) < 4.78 is 0. The molecule has 0 aliphatic rings. The van der Waals surface area contributed by atoms with Crippen LogP contribution in [0.5, 0.6) is 0 Å². The smallest absolute Gasteiger partial charge is 0.257 e. The van der Waals surface area contributed by atoms with Crippen molar-refractivity contribution in [2.45, 2.75) is 0 Å². The van der Waals surface area contributed by atoms with Crippen molar-refractivity contribution in [1.29, 1.82) is 0 Å². The van der Waals surface area contributed by atoms with Gasteiger partial charge >= 0.3 is 0 Å². The monoisotopic (exact) mass is 354 g/mol. The number of carbonyl (C=O) groups excluding carboxylic acids is 1. The van der Waals surface area contributed by atoms with E-state index in [0.717, 1.165) is 10.6 Å². The minimum Gasteiger partial charge on any atom is -0.298 e. The van der Waals surface area contributed by atoms with Gasteiger partial charge in [-0.15, -0.1) is 22.7 Å². The van der Waals surface area contributed by atoms with E-state index in [2.05, 4.69) is 10.3 Å². The SMILES string of the molecule is O=C(Nc1nc(-c2cccs2)cs1)c1ccc(Cl)c(Cl)c1. The highest BCUT2D eigenvalue weighted by atomic mass is 35.5. The van der Waals surface area contributed by atoms with E-state index in [-0.39, 0.29) is 5.91 Å². The highest BCUT2D eigenvalue weighted by Crippen LogP contribution is 2.29. The van der Waals surface area contributed by atoms with E-state index in [1.807, 2.05) is 22.9 Å². The molecule has 0 saturated heterocycles. The molecule has 7 heteroatoms. The second kappa shape index (κ2) is 6.15. The Kier molecular flexibility index (Phi) is 4.26. The van der Waals surface area contributed by atoms with Crippen LogP contribution in [0.15, 0.2) is 41.1 Å². The van der Waals surface area contributed by atoms with Gasteiger partial charge in [0.05, 0.1) is 20.6 Å². The van der Waals surface area contributed by atoms with Crippen LogP contribution in [-0.2, 0) is 0 Å². The standard InChI is InChI=1S/C14H8Cl2N2OS2/c15-9-4-3-8(6-10(9)16)13(19)18-14-17-11(7-21-14)12-2-1-5-20-12/h1-7H,(H,17,18,19). The quantitative estimate of drug-likeness (QED) is 0.681. The number of hydrogen-bond donors (Lipinski definition) is 1. The third-order valence-corrected chi connectivity index (χ3v) is 5.07. The Morgan fingerprint density at radius 2 is 2.00 bits per heavy atom. The van der Waals surface area contributed by atoms with Crippen molar-refractivity contribution in [2.75, 3.05) is 5.32 Å². The van der Waals surface area contributed by atoms with Crippen LogP contribution >= 0.6 is 45.9 Å². The first-order chi connectivity index (χ1) is 10.1. The molecule has 3 rings (SSSR count). The lowest BCUT2D eigenvalue weighted by Crippen LogP contribution is -2.11. The van der Waals surface area contributed by atoms with E-state index in [1.54, 1.807) is 23.5 Å².